The number of fused-ring (bicyclic) bond motifs is 1. The molecule has 0 amide bonds. The van der Waals surface area contributed by atoms with Gasteiger partial charge in [0, 0.05) is 6.61 Å². The van der Waals surface area contributed by atoms with Gasteiger partial charge in [-0.1, -0.05) is 44.2 Å². The summed E-state index contributed by atoms with van der Waals surface area (Å²) < 4.78 is 61.3. The van der Waals surface area contributed by atoms with Crippen LogP contribution >= 0.6 is 0 Å². The normalized spacial score (nSPS) is 21.4. The number of esters is 3. The first-order valence-corrected chi connectivity index (χ1v) is 20.7. The average Bonchev–Trinajstić information content (AvgIpc) is 3.13. The largest absolute Gasteiger partial charge is 0.481 e. The SMILES string of the molecule is CCCOCCOC(=O)C(C)(CC(C)C(=O)OCCOC(C)COCCC1=CCC2CC1C2(C)C)CC(CC(C)(COS(=O)(=O)NO)C(=O)O)C(=O)OCC. The summed E-state index contributed by atoms with van der Waals surface area (Å²) in [5.41, 5.74) is -1.69. The Hall–Kier alpha value is -2.67. The summed E-state index contributed by atoms with van der Waals surface area (Å²) in [4.78, 5) is 53.4. The van der Waals surface area contributed by atoms with Gasteiger partial charge >= 0.3 is 34.2 Å². The highest BCUT2D eigenvalue weighted by molar-refractivity contribution is 7.84. The lowest BCUT2D eigenvalue weighted by molar-refractivity contribution is -0.164. The second-order valence-corrected chi connectivity index (χ2v) is 17.3. The summed E-state index contributed by atoms with van der Waals surface area (Å²) in [5, 5.41) is 18.9. The maximum Gasteiger partial charge on any atom is 0.358 e. The molecule has 3 rings (SSSR count). The van der Waals surface area contributed by atoms with Gasteiger partial charge in [0.2, 0.25) is 0 Å². The molecule has 55 heavy (non-hydrogen) atoms. The Morgan fingerprint density at radius 3 is 2.18 bits per heavy atom. The van der Waals surface area contributed by atoms with Gasteiger partial charge in [0.15, 0.2) is 0 Å². The van der Waals surface area contributed by atoms with Crippen molar-refractivity contribution in [2.24, 2.45) is 39.9 Å². The van der Waals surface area contributed by atoms with Crippen molar-refractivity contribution in [1.29, 1.82) is 0 Å². The topological polar surface area (TPSA) is 220 Å². The molecule has 0 spiro atoms. The van der Waals surface area contributed by atoms with Crippen LogP contribution in [0.2, 0.25) is 0 Å². The predicted octanol–water partition coefficient (Wildman–Crippen LogP) is 4.63. The van der Waals surface area contributed by atoms with Crippen LogP contribution in [-0.4, -0.2) is 108 Å². The van der Waals surface area contributed by atoms with E-state index in [1.807, 2.05) is 13.8 Å². The molecule has 318 valence electrons. The highest BCUT2D eigenvalue weighted by Crippen LogP contribution is 2.59. The molecule has 3 N–H and O–H groups in total. The van der Waals surface area contributed by atoms with E-state index in [-0.39, 0.29) is 52.0 Å². The lowest BCUT2D eigenvalue weighted by atomic mass is 9.48. The third kappa shape index (κ3) is 15.0. The van der Waals surface area contributed by atoms with E-state index in [4.69, 9.17) is 33.6 Å². The summed E-state index contributed by atoms with van der Waals surface area (Å²) in [5.74, 6) is -4.48. The van der Waals surface area contributed by atoms with Crippen molar-refractivity contribution in [2.45, 2.75) is 106 Å². The second kappa shape index (κ2) is 22.3. The van der Waals surface area contributed by atoms with E-state index in [0.29, 0.717) is 31.2 Å². The van der Waals surface area contributed by atoms with Gasteiger partial charge in [-0.05, 0) is 89.9 Å². The van der Waals surface area contributed by atoms with Crippen molar-refractivity contribution in [3.63, 3.8) is 0 Å². The molecule has 0 saturated heterocycles. The zero-order chi connectivity index (χ0) is 41.5. The average molecular weight is 808 g/mol. The zero-order valence-corrected chi connectivity index (χ0v) is 34.7. The fourth-order valence-electron chi connectivity index (χ4n) is 7.43. The molecule has 16 nitrogen and oxygen atoms in total. The molecule has 0 aromatic heterocycles. The summed E-state index contributed by atoms with van der Waals surface area (Å²) in [6, 6.07) is 0. The van der Waals surface area contributed by atoms with Crippen LogP contribution in [0.4, 0.5) is 0 Å². The minimum atomic E-state index is -4.70. The van der Waals surface area contributed by atoms with Crippen molar-refractivity contribution < 1.29 is 70.5 Å². The first-order chi connectivity index (χ1) is 25.7. The Bertz CT molecular complexity index is 1400. The second-order valence-electron chi connectivity index (χ2n) is 15.9. The van der Waals surface area contributed by atoms with Crippen molar-refractivity contribution >= 4 is 34.2 Å². The molecule has 0 aliphatic heterocycles. The molecule has 0 aromatic rings. The number of hydrogen-bond acceptors (Lipinski definition) is 14. The number of carboxylic acid groups (broad SMARTS) is 1. The standard InChI is InChI=1S/C38H65NO15S/c1-9-14-48-16-17-53-35(44)37(7,22-29(33(41)50-10-2)23-38(8,34(42)43)25-54-55(46,47)39-45)21-26(3)32(40)52-19-18-51-27(4)24-49-15-13-28-11-12-30-20-31(28)36(30,5)6/h11,26-27,29-31,39,45H,9-10,12-25H2,1-8H3,(H,42,43). The molecule has 0 radical (unpaired) electrons. The Morgan fingerprint density at radius 1 is 0.909 bits per heavy atom. The minimum absolute atomic E-state index is 0.0533. The van der Waals surface area contributed by atoms with Crippen LogP contribution in [0.15, 0.2) is 11.6 Å². The Morgan fingerprint density at radius 2 is 1.58 bits per heavy atom. The van der Waals surface area contributed by atoms with E-state index in [2.05, 4.69) is 24.1 Å². The quantitative estimate of drug-likeness (QED) is 0.0309. The lowest BCUT2D eigenvalue weighted by Gasteiger charge is -2.56. The van der Waals surface area contributed by atoms with Gasteiger partial charge in [-0.3, -0.25) is 23.4 Å². The van der Waals surface area contributed by atoms with E-state index >= 15 is 0 Å². The molecule has 17 heteroatoms. The zero-order valence-electron chi connectivity index (χ0n) is 33.9. The third-order valence-electron chi connectivity index (χ3n) is 10.8. The number of carbonyl (C=O) groups is 4. The molecule has 0 heterocycles. The number of carbonyl (C=O) groups excluding carboxylic acids is 3. The van der Waals surface area contributed by atoms with Gasteiger partial charge in [-0.25, -0.2) is 0 Å². The molecule has 1 saturated carbocycles. The van der Waals surface area contributed by atoms with Gasteiger partial charge in [0.1, 0.15) is 13.2 Å². The van der Waals surface area contributed by atoms with Crippen LogP contribution in [-0.2, 0) is 62.1 Å². The molecule has 1 fully saturated rings. The lowest BCUT2D eigenvalue weighted by Crippen LogP contribution is -2.48. The van der Waals surface area contributed by atoms with Gasteiger partial charge < -0.3 is 38.7 Å². The Labute approximate surface area is 326 Å². The van der Waals surface area contributed by atoms with E-state index in [0.717, 1.165) is 37.0 Å². The van der Waals surface area contributed by atoms with Gasteiger partial charge in [0.05, 0.1) is 68.4 Å². The molecule has 3 aliphatic carbocycles. The number of carboxylic acids is 1. The maximum atomic E-state index is 13.7. The van der Waals surface area contributed by atoms with E-state index in [1.165, 1.54) is 18.9 Å². The van der Waals surface area contributed by atoms with Crippen LogP contribution in [0.25, 0.3) is 0 Å². The van der Waals surface area contributed by atoms with Gasteiger partial charge in [0.25, 0.3) is 0 Å². The van der Waals surface area contributed by atoms with Gasteiger partial charge in [-0.2, -0.15) is 8.42 Å². The summed E-state index contributed by atoms with van der Waals surface area (Å²) in [6.45, 7) is 14.7. The van der Waals surface area contributed by atoms with E-state index in [1.54, 1.807) is 13.8 Å². The van der Waals surface area contributed by atoms with Crippen molar-refractivity contribution in [1.82, 2.24) is 4.89 Å². The molecular weight excluding hydrogens is 742 g/mol. The summed E-state index contributed by atoms with van der Waals surface area (Å²) in [7, 11) is -4.70. The minimum Gasteiger partial charge on any atom is -0.481 e. The number of allylic oxidation sites excluding steroid dienone is 1. The monoisotopic (exact) mass is 807 g/mol. The number of nitrogens with one attached hydrogen (secondary N) is 1. The number of aliphatic carboxylic acids is 1. The molecule has 7 atom stereocenters. The fraction of sp³-hybridized carbons (Fsp3) is 0.842. The van der Waals surface area contributed by atoms with E-state index < -0.39 is 69.9 Å². The first-order valence-electron chi connectivity index (χ1n) is 19.2. The van der Waals surface area contributed by atoms with Crippen molar-refractivity contribution in [3.05, 3.63) is 11.6 Å². The number of hydrogen-bond donors (Lipinski definition) is 3. The van der Waals surface area contributed by atoms with E-state index in [9.17, 15) is 32.7 Å². The van der Waals surface area contributed by atoms with Crippen LogP contribution in [0.3, 0.4) is 0 Å². The Balaban J connectivity index is 2.03. The Kier molecular flexibility index (Phi) is 19.7. The van der Waals surface area contributed by atoms with Crippen LogP contribution in [0, 0.1) is 39.9 Å². The molecule has 0 aromatic carbocycles. The van der Waals surface area contributed by atoms with Crippen LogP contribution < -0.4 is 4.89 Å². The fourth-order valence-corrected chi connectivity index (χ4v) is 7.90. The molecule has 7 unspecified atom stereocenters. The van der Waals surface area contributed by atoms with Gasteiger partial charge in [-0.15, -0.1) is 0 Å². The first kappa shape index (κ1) is 48.5. The molecular formula is C38H65NO15S. The summed E-state index contributed by atoms with van der Waals surface area (Å²) in [6.07, 6.45) is 5.20. The summed E-state index contributed by atoms with van der Waals surface area (Å²) >= 11 is 0. The van der Waals surface area contributed by atoms with Crippen LogP contribution in [0.1, 0.15) is 100 Å². The number of ether oxygens (including phenoxy) is 6. The maximum absolute atomic E-state index is 13.7. The van der Waals surface area contributed by atoms with Crippen molar-refractivity contribution in [2.75, 3.05) is 59.5 Å². The highest BCUT2D eigenvalue weighted by Gasteiger charge is 2.51. The van der Waals surface area contributed by atoms with Crippen LogP contribution in [0.5, 0.6) is 0 Å². The molecule has 3 aliphatic rings. The highest BCUT2D eigenvalue weighted by atomic mass is 32.2. The predicted molar refractivity (Wildman–Crippen MR) is 199 cm³/mol. The van der Waals surface area contributed by atoms with Crippen molar-refractivity contribution in [3.8, 4) is 0 Å². The number of rotatable bonds is 29. The molecule has 2 bridgehead atoms. The smallest absolute Gasteiger partial charge is 0.358 e. The third-order valence-corrected chi connectivity index (χ3v) is 11.5.